The van der Waals surface area contributed by atoms with E-state index in [1.54, 1.807) is 0 Å². The van der Waals surface area contributed by atoms with Crippen LogP contribution in [0.1, 0.15) is 0 Å². The van der Waals surface area contributed by atoms with E-state index in [4.69, 9.17) is 11.6 Å². The Morgan fingerprint density at radius 2 is 2.00 bits per heavy atom. The van der Waals surface area contributed by atoms with E-state index in [9.17, 15) is 18.0 Å². The zero-order chi connectivity index (χ0) is 8.15. The molecule has 0 bridgehead atoms. The maximum absolute atomic E-state index is 11.8. The summed E-state index contributed by atoms with van der Waals surface area (Å²) >= 11 is 4.88. The van der Waals surface area contributed by atoms with Crippen LogP contribution in [0.4, 0.5) is 13.2 Å². The van der Waals surface area contributed by atoms with Gasteiger partial charge >= 0.3 is 0 Å². The van der Waals surface area contributed by atoms with Gasteiger partial charge in [0.1, 0.15) is 5.88 Å². The van der Waals surface area contributed by atoms with Gasteiger partial charge in [0, 0.05) is 0 Å². The standard InChI is InChI=1S/C4H5ClF3NO/c5-1-2(10)9-4(8)3(6)7/h3-4H,1H2,(H,9,10). The monoisotopic (exact) mass is 175 g/mol. The summed E-state index contributed by atoms with van der Waals surface area (Å²) in [6.07, 6.45) is -5.82. The highest BCUT2D eigenvalue weighted by Crippen LogP contribution is 2.00. The fraction of sp³-hybridized carbons (Fsp3) is 0.750. The minimum Gasteiger partial charge on any atom is -0.321 e. The van der Waals surface area contributed by atoms with Gasteiger partial charge in [-0.3, -0.25) is 4.79 Å². The van der Waals surface area contributed by atoms with E-state index in [0.717, 1.165) is 0 Å². The van der Waals surface area contributed by atoms with Gasteiger partial charge in [0.15, 0.2) is 0 Å². The van der Waals surface area contributed by atoms with Crippen molar-refractivity contribution in [3.63, 3.8) is 0 Å². The first-order valence-electron chi connectivity index (χ1n) is 2.35. The van der Waals surface area contributed by atoms with Gasteiger partial charge in [-0.15, -0.1) is 11.6 Å². The lowest BCUT2D eigenvalue weighted by molar-refractivity contribution is -0.122. The third-order valence-electron chi connectivity index (χ3n) is 0.641. The summed E-state index contributed by atoms with van der Waals surface area (Å²) in [5.74, 6) is -1.47. The van der Waals surface area contributed by atoms with Crippen molar-refractivity contribution in [1.82, 2.24) is 5.32 Å². The van der Waals surface area contributed by atoms with Crippen LogP contribution in [0.15, 0.2) is 0 Å². The molecule has 0 spiro atoms. The predicted molar refractivity (Wildman–Crippen MR) is 29.8 cm³/mol. The first-order valence-corrected chi connectivity index (χ1v) is 2.89. The molecule has 6 heteroatoms. The zero-order valence-corrected chi connectivity index (χ0v) is 5.54. The summed E-state index contributed by atoms with van der Waals surface area (Å²) in [7, 11) is 0. The Labute approximate surface area is 60.3 Å². The van der Waals surface area contributed by atoms with E-state index in [-0.39, 0.29) is 0 Å². The first-order chi connectivity index (χ1) is 4.57. The first kappa shape index (κ1) is 9.55. The summed E-state index contributed by atoms with van der Waals surface area (Å²) in [4.78, 5) is 10.1. The van der Waals surface area contributed by atoms with Crippen LogP contribution in [0, 0.1) is 0 Å². The zero-order valence-electron chi connectivity index (χ0n) is 4.78. The van der Waals surface area contributed by atoms with Crippen molar-refractivity contribution in [3.05, 3.63) is 0 Å². The van der Waals surface area contributed by atoms with Gasteiger partial charge in [0.25, 0.3) is 6.43 Å². The molecule has 1 N–H and O–H groups in total. The average Bonchev–Trinajstić information content (AvgIpc) is 1.87. The largest absolute Gasteiger partial charge is 0.321 e. The van der Waals surface area contributed by atoms with E-state index >= 15 is 0 Å². The minimum absolute atomic E-state index is 0.521. The Bertz CT molecular complexity index is 121. The number of alkyl halides is 4. The molecule has 0 aliphatic heterocycles. The molecule has 0 aliphatic carbocycles. The second-order valence-electron chi connectivity index (χ2n) is 1.44. The maximum atomic E-state index is 11.8. The normalized spacial score (nSPS) is 13.3. The Morgan fingerprint density at radius 3 is 2.30 bits per heavy atom. The Balaban J connectivity index is 3.57. The third-order valence-corrected chi connectivity index (χ3v) is 0.884. The fourth-order valence-electron chi connectivity index (χ4n) is 0.255. The molecule has 2 nitrogen and oxygen atoms in total. The van der Waals surface area contributed by atoms with Crippen molar-refractivity contribution < 1.29 is 18.0 Å². The molecule has 60 valence electrons. The number of hydrogen-bond donors (Lipinski definition) is 1. The van der Waals surface area contributed by atoms with Gasteiger partial charge in [0.05, 0.1) is 0 Å². The summed E-state index contributed by atoms with van der Waals surface area (Å²) in [5, 5.41) is 1.34. The molecule has 10 heavy (non-hydrogen) atoms. The molecule has 0 heterocycles. The lowest BCUT2D eigenvalue weighted by atomic mass is 10.6. The van der Waals surface area contributed by atoms with Crippen LogP contribution in [-0.2, 0) is 4.79 Å². The Morgan fingerprint density at radius 1 is 1.50 bits per heavy atom. The summed E-state index contributed by atoms with van der Waals surface area (Å²) in [5.41, 5.74) is 0. The molecule has 1 unspecified atom stereocenters. The number of rotatable bonds is 3. The smallest absolute Gasteiger partial charge is 0.287 e. The van der Waals surface area contributed by atoms with Crippen molar-refractivity contribution in [2.45, 2.75) is 12.7 Å². The Hall–Kier alpha value is -0.450. The molecule has 0 radical (unpaired) electrons. The number of amides is 1. The number of carbonyl (C=O) groups excluding carboxylic acids is 1. The van der Waals surface area contributed by atoms with Crippen LogP contribution in [0.3, 0.4) is 0 Å². The van der Waals surface area contributed by atoms with Crippen molar-refractivity contribution >= 4 is 17.5 Å². The molecule has 0 aromatic carbocycles. The number of halogens is 4. The number of carbonyl (C=O) groups is 1. The van der Waals surface area contributed by atoms with Gasteiger partial charge in [-0.05, 0) is 0 Å². The molecule has 0 saturated heterocycles. The molecular formula is C4H5ClF3NO. The topological polar surface area (TPSA) is 29.1 Å². The summed E-state index contributed by atoms with van der Waals surface area (Å²) in [6.45, 7) is 0. The van der Waals surface area contributed by atoms with E-state index in [0.29, 0.717) is 0 Å². The van der Waals surface area contributed by atoms with Crippen molar-refractivity contribution in [2.75, 3.05) is 5.88 Å². The Kier molecular flexibility index (Phi) is 4.18. The molecule has 0 fully saturated rings. The van der Waals surface area contributed by atoms with Crippen molar-refractivity contribution in [3.8, 4) is 0 Å². The minimum atomic E-state index is -3.20. The second-order valence-corrected chi connectivity index (χ2v) is 1.70. The van der Waals surface area contributed by atoms with Crippen LogP contribution in [0.25, 0.3) is 0 Å². The van der Waals surface area contributed by atoms with Gasteiger partial charge in [-0.1, -0.05) is 0 Å². The molecule has 1 amide bonds. The number of nitrogens with one attached hydrogen (secondary N) is 1. The second kappa shape index (κ2) is 4.38. The van der Waals surface area contributed by atoms with Gasteiger partial charge in [-0.25, -0.2) is 13.2 Å². The maximum Gasteiger partial charge on any atom is 0.287 e. The quantitative estimate of drug-likeness (QED) is 0.501. The molecule has 0 aromatic rings. The molecule has 0 rings (SSSR count). The van der Waals surface area contributed by atoms with Gasteiger partial charge in [0.2, 0.25) is 12.2 Å². The SMILES string of the molecule is O=C(CCl)NC(F)C(F)F. The summed E-state index contributed by atoms with van der Waals surface area (Å²) in [6, 6.07) is 0. The highest BCUT2D eigenvalue weighted by molar-refractivity contribution is 6.27. The van der Waals surface area contributed by atoms with E-state index in [1.807, 2.05) is 0 Å². The average molecular weight is 176 g/mol. The molecule has 0 saturated carbocycles. The van der Waals surface area contributed by atoms with Crippen LogP contribution in [-0.4, -0.2) is 24.5 Å². The van der Waals surface area contributed by atoms with Crippen molar-refractivity contribution in [1.29, 1.82) is 0 Å². The van der Waals surface area contributed by atoms with E-state index in [1.165, 1.54) is 5.32 Å². The third kappa shape index (κ3) is 3.55. The lowest BCUT2D eigenvalue weighted by Gasteiger charge is -2.06. The van der Waals surface area contributed by atoms with Gasteiger partial charge in [-0.2, -0.15) is 0 Å². The summed E-state index contributed by atoms with van der Waals surface area (Å²) < 4.78 is 34.4. The fourth-order valence-corrected chi connectivity index (χ4v) is 0.333. The molecule has 0 aliphatic rings. The molecular weight excluding hydrogens is 170 g/mol. The van der Waals surface area contributed by atoms with Crippen LogP contribution >= 0.6 is 11.6 Å². The van der Waals surface area contributed by atoms with Gasteiger partial charge < -0.3 is 5.32 Å². The lowest BCUT2D eigenvalue weighted by Crippen LogP contribution is -2.37. The highest BCUT2D eigenvalue weighted by atomic mass is 35.5. The van der Waals surface area contributed by atoms with E-state index < -0.39 is 24.5 Å². The molecule has 1 atom stereocenters. The van der Waals surface area contributed by atoms with Crippen LogP contribution in [0.2, 0.25) is 0 Å². The van der Waals surface area contributed by atoms with E-state index in [2.05, 4.69) is 0 Å². The van der Waals surface area contributed by atoms with Crippen LogP contribution < -0.4 is 5.32 Å². The predicted octanol–water partition coefficient (Wildman–Crippen LogP) is 0.902. The number of hydrogen-bond acceptors (Lipinski definition) is 1. The molecule has 0 aromatic heterocycles. The van der Waals surface area contributed by atoms with Crippen molar-refractivity contribution in [2.24, 2.45) is 0 Å². The van der Waals surface area contributed by atoms with Crippen LogP contribution in [0.5, 0.6) is 0 Å². The highest BCUT2D eigenvalue weighted by Gasteiger charge is 2.20.